The molecule has 0 spiro atoms. The highest BCUT2D eigenvalue weighted by molar-refractivity contribution is 6.16. The lowest BCUT2D eigenvalue weighted by atomic mass is 10.0. The van der Waals surface area contributed by atoms with Crippen molar-refractivity contribution in [3.8, 4) is 0 Å². The normalized spacial score (nSPS) is 20.0. The summed E-state index contributed by atoms with van der Waals surface area (Å²) < 4.78 is 5.62. The van der Waals surface area contributed by atoms with Crippen LogP contribution in [0.3, 0.4) is 0 Å². The van der Waals surface area contributed by atoms with Crippen LogP contribution in [0.25, 0.3) is 0 Å². The van der Waals surface area contributed by atoms with Gasteiger partial charge < -0.3 is 26.0 Å². The van der Waals surface area contributed by atoms with E-state index in [9.17, 15) is 9.59 Å². The summed E-state index contributed by atoms with van der Waals surface area (Å²) in [7, 11) is 0. The Morgan fingerprint density at radius 2 is 1.74 bits per heavy atom. The highest BCUT2D eigenvalue weighted by Crippen LogP contribution is 2.40. The van der Waals surface area contributed by atoms with Crippen molar-refractivity contribution >= 4 is 35.0 Å². The molecule has 3 atom stereocenters. The van der Waals surface area contributed by atoms with E-state index in [-0.39, 0.29) is 35.6 Å². The fourth-order valence-corrected chi connectivity index (χ4v) is 5.30. The van der Waals surface area contributed by atoms with Gasteiger partial charge in [-0.3, -0.25) is 10.2 Å². The average Bonchev–Trinajstić information content (AvgIpc) is 3.49. The number of nitrogens with one attached hydrogen (secondary N) is 3. The Hall–Kier alpha value is -4.47. The molecule has 1 saturated heterocycles. The van der Waals surface area contributed by atoms with Crippen LogP contribution in [0.15, 0.2) is 60.9 Å². The number of fused-ring (bicyclic) bond motifs is 2. The Morgan fingerprint density at radius 3 is 2.41 bits per heavy atom. The molecule has 0 radical (unpaired) electrons. The van der Waals surface area contributed by atoms with Gasteiger partial charge in [0.25, 0.3) is 5.91 Å². The smallest absolute Gasteiger partial charge is 0.410 e. The molecule has 2 heterocycles. The van der Waals surface area contributed by atoms with E-state index >= 15 is 0 Å². The first kappa shape index (κ1) is 26.1. The summed E-state index contributed by atoms with van der Waals surface area (Å²) in [5.41, 5.74) is 8.00. The van der Waals surface area contributed by atoms with Crippen LogP contribution in [0, 0.1) is 11.3 Å². The van der Waals surface area contributed by atoms with Crippen LogP contribution in [0.2, 0.25) is 0 Å². The van der Waals surface area contributed by atoms with Crippen LogP contribution in [0.1, 0.15) is 55.1 Å². The summed E-state index contributed by atoms with van der Waals surface area (Å²) >= 11 is 0. The maximum Gasteiger partial charge on any atom is 0.410 e. The molecule has 1 saturated carbocycles. The Labute approximate surface area is 227 Å². The van der Waals surface area contributed by atoms with Gasteiger partial charge >= 0.3 is 6.09 Å². The van der Waals surface area contributed by atoms with Gasteiger partial charge in [0.1, 0.15) is 23.6 Å². The van der Waals surface area contributed by atoms with Crippen LogP contribution in [0.4, 0.5) is 22.1 Å². The van der Waals surface area contributed by atoms with Crippen molar-refractivity contribution in [1.29, 1.82) is 5.41 Å². The van der Waals surface area contributed by atoms with Gasteiger partial charge in [0.05, 0.1) is 17.3 Å². The fourth-order valence-electron chi connectivity index (χ4n) is 5.30. The van der Waals surface area contributed by atoms with E-state index in [1.54, 1.807) is 41.3 Å². The van der Waals surface area contributed by atoms with Crippen LogP contribution >= 0.6 is 0 Å². The number of carbonyl (C=O) groups excluding carboxylic acids is 2. The Bertz CT molecular complexity index is 1390. The number of piperidine rings is 1. The predicted molar refractivity (Wildman–Crippen MR) is 150 cm³/mol. The molecule has 3 aromatic rings. The number of benzene rings is 2. The molecule has 2 aromatic carbocycles. The monoisotopic (exact) mass is 527 g/mol. The summed E-state index contributed by atoms with van der Waals surface area (Å²) in [6.45, 7) is 6.26. The summed E-state index contributed by atoms with van der Waals surface area (Å²) in [6, 6.07) is 15.9. The largest absolute Gasteiger partial charge is 0.444 e. The summed E-state index contributed by atoms with van der Waals surface area (Å²) in [5.74, 6) is 0.805. The lowest BCUT2D eigenvalue weighted by Gasteiger charge is -2.35. The molecule has 1 aliphatic heterocycles. The number of nitrogen functional groups attached to an aromatic ring is 1. The molecule has 39 heavy (non-hydrogen) atoms. The van der Waals surface area contributed by atoms with Gasteiger partial charge in [-0.05, 0) is 63.8 Å². The first-order chi connectivity index (χ1) is 18.6. The van der Waals surface area contributed by atoms with Crippen LogP contribution < -0.4 is 16.4 Å². The number of nitrogens with two attached hydrogens (primary N) is 1. The third-order valence-electron chi connectivity index (χ3n) is 7.03. The van der Waals surface area contributed by atoms with Crippen molar-refractivity contribution in [3.63, 3.8) is 0 Å². The fraction of sp³-hybridized carbons (Fsp3) is 0.345. The van der Waals surface area contributed by atoms with Crippen molar-refractivity contribution in [2.75, 3.05) is 22.9 Å². The van der Waals surface area contributed by atoms with Gasteiger partial charge in [0, 0.05) is 29.4 Å². The molecule has 2 fully saturated rings. The lowest BCUT2D eigenvalue weighted by Crippen LogP contribution is -2.49. The van der Waals surface area contributed by atoms with Gasteiger partial charge in [-0.15, -0.1) is 0 Å². The number of anilines is 3. The van der Waals surface area contributed by atoms with Crippen molar-refractivity contribution < 1.29 is 14.3 Å². The molecule has 2 aliphatic rings. The van der Waals surface area contributed by atoms with Crippen molar-refractivity contribution in [1.82, 2.24) is 14.9 Å². The van der Waals surface area contributed by atoms with Crippen LogP contribution in [-0.2, 0) is 4.74 Å². The highest BCUT2D eigenvalue weighted by Gasteiger charge is 2.48. The van der Waals surface area contributed by atoms with E-state index in [1.165, 1.54) is 6.33 Å². The highest BCUT2D eigenvalue weighted by atomic mass is 16.6. The summed E-state index contributed by atoms with van der Waals surface area (Å²) in [6.07, 6.45) is 2.84. The number of rotatable bonds is 6. The molecule has 202 valence electrons. The maximum absolute atomic E-state index is 12.8. The molecule has 10 heteroatoms. The standard InChI is InChI=1S/C29H33N7O3/c1-29(2,3)39-28(38)36-15-17-13-21(22(36)14-17)35-26-23(25(31)32-16-33-26)24(30)18-9-11-20(12-10-18)34-27(37)19-7-5-4-6-8-19/h4-12,16-17,21-22,30H,13-15H2,1-3H3,(H,34,37)(H3,31,32,33,35). The maximum atomic E-state index is 12.8. The molecular weight excluding hydrogens is 494 g/mol. The van der Waals surface area contributed by atoms with E-state index in [4.69, 9.17) is 15.9 Å². The molecule has 5 N–H and O–H groups in total. The zero-order valence-electron chi connectivity index (χ0n) is 22.3. The van der Waals surface area contributed by atoms with Gasteiger partial charge in [0.15, 0.2) is 0 Å². The molecule has 10 nitrogen and oxygen atoms in total. The van der Waals surface area contributed by atoms with Crippen LogP contribution in [0.5, 0.6) is 0 Å². The number of aromatic nitrogens is 2. The number of hydrogen-bond donors (Lipinski definition) is 4. The second-order valence-corrected chi connectivity index (χ2v) is 11.0. The molecule has 3 unspecified atom stereocenters. The quantitative estimate of drug-likeness (QED) is 0.344. The zero-order valence-corrected chi connectivity index (χ0v) is 22.3. The minimum atomic E-state index is -0.564. The van der Waals surface area contributed by atoms with E-state index in [1.807, 2.05) is 39.0 Å². The molecule has 2 bridgehead atoms. The first-order valence-corrected chi connectivity index (χ1v) is 13.0. The molecule has 5 rings (SSSR count). The SMILES string of the molecule is CC(C)(C)OC(=O)N1CC2CC(Nc3ncnc(N)c3C(=N)c3ccc(NC(=O)c4ccccc4)cc3)C1C2. The Kier molecular flexibility index (Phi) is 6.94. The third kappa shape index (κ3) is 5.69. The third-order valence-corrected chi connectivity index (χ3v) is 7.03. The van der Waals surface area contributed by atoms with Crippen molar-refractivity contribution in [2.24, 2.45) is 5.92 Å². The molecule has 1 aliphatic carbocycles. The van der Waals surface area contributed by atoms with Gasteiger partial charge in [-0.2, -0.15) is 0 Å². The van der Waals surface area contributed by atoms with Gasteiger partial charge in [-0.25, -0.2) is 14.8 Å². The lowest BCUT2D eigenvalue weighted by molar-refractivity contribution is 0.0179. The predicted octanol–water partition coefficient (Wildman–Crippen LogP) is 4.54. The number of nitrogens with zero attached hydrogens (tertiary/aromatic N) is 3. The van der Waals surface area contributed by atoms with Gasteiger partial charge in [0.2, 0.25) is 0 Å². The minimum absolute atomic E-state index is 0.0319. The van der Waals surface area contributed by atoms with E-state index in [0.717, 1.165) is 12.8 Å². The van der Waals surface area contributed by atoms with Crippen molar-refractivity contribution in [3.05, 3.63) is 77.6 Å². The van der Waals surface area contributed by atoms with Gasteiger partial charge in [-0.1, -0.05) is 30.3 Å². The molecule has 1 aromatic heterocycles. The van der Waals surface area contributed by atoms with Crippen molar-refractivity contribution in [2.45, 2.75) is 51.3 Å². The average molecular weight is 528 g/mol. The van der Waals surface area contributed by atoms with E-state index < -0.39 is 5.60 Å². The molecule has 2 amide bonds. The number of hydrogen-bond acceptors (Lipinski definition) is 8. The second kappa shape index (κ2) is 10.4. The zero-order chi connectivity index (χ0) is 27.7. The van der Waals surface area contributed by atoms with E-state index in [0.29, 0.717) is 40.7 Å². The Balaban J connectivity index is 1.31. The number of likely N-dealkylation sites (tertiary alicyclic amines) is 1. The number of amides is 2. The summed E-state index contributed by atoms with van der Waals surface area (Å²) in [5, 5.41) is 15.2. The second-order valence-electron chi connectivity index (χ2n) is 11.0. The summed E-state index contributed by atoms with van der Waals surface area (Å²) in [4.78, 5) is 35.6. The minimum Gasteiger partial charge on any atom is -0.444 e. The first-order valence-electron chi connectivity index (χ1n) is 13.0. The Morgan fingerprint density at radius 1 is 1.03 bits per heavy atom. The number of ether oxygens (including phenoxy) is 1. The van der Waals surface area contributed by atoms with E-state index in [2.05, 4.69) is 20.6 Å². The molecular formula is C29H33N7O3. The number of carbonyl (C=O) groups is 2. The topological polar surface area (TPSA) is 146 Å². The van der Waals surface area contributed by atoms with Crippen LogP contribution in [-0.4, -0.2) is 56.8 Å².